The number of aromatic nitrogens is 1. The number of anilines is 1. The molecule has 0 bridgehead atoms. The molecule has 0 radical (unpaired) electrons. The molecule has 3 heterocycles. The van der Waals surface area contributed by atoms with Crippen LogP contribution in [-0.2, 0) is 11.3 Å². The Morgan fingerprint density at radius 2 is 2.36 bits per heavy atom. The van der Waals surface area contributed by atoms with Crippen molar-refractivity contribution in [1.29, 1.82) is 0 Å². The summed E-state index contributed by atoms with van der Waals surface area (Å²) in [4.78, 5) is 20.3. The summed E-state index contributed by atoms with van der Waals surface area (Å²) in [5.74, 6) is -0.0797. The molecule has 6 nitrogen and oxygen atoms in total. The molecule has 1 saturated heterocycles. The zero-order chi connectivity index (χ0) is 18.0. The molecule has 136 valence electrons. The van der Waals surface area contributed by atoms with Crippen LogP contribution in [0.4, 0.5) is 5.69 Å². The molecule has 2 atom stereocenters. The number of pyridine rings is 1. The molecule has 4 N–H and O–H groups in total. The number of thiophene rings is 1. The number of hydrogen-bond acceptors (Lipinski definition) is 5. The van der Waals surface area contributed by atoms with Crippen molar-refractivity contribution in [3.05, 3.63) is 22.2 Å². The fraction of sp³-hybridized carbons (Fsp3) is 0.556. The molecule has 1 aliphatic rings. The van der Waals surface area contributed by atoms with Crippen LogP contribution in [-0.4, -0.2) is 43.7 Å². The van der Waals surface area contributed by atoms with E-state index in [1.807, 2.05) is 13.0 Å². The number of nitrogen functional groups attached to an aromatic ring is 1. The second-order valence-corrected chi connectivity index (χ2v) is 7.75. The summed E-state index contributed by atoms with van der Waals surface area (Å²) < 4.78 is 5.28. The van der Waals surface area contributed by atoms with Crippen LogP contribution in [0.5, 0.6) is 0 Å². The Morgan fingerprint density at radius 3 is 3.08 bits per heavy atom. The monoisotopic (exact) mass is 363 g/mol. The molecule has 2 aromatic heterocycles. The topological polar surface area (TPSA) is 81.7 Å². The average molecular weight is 364 g/mol. The maximum absolute atomic E-state index is 12.8. The molecule has 3 rings (SSSR count). The first kappa shape index (κ1) is 18.1. The number of carbonyl (C=O) groups excluding carboxylic acids is 1. The Bertz CT molecular complexity index is 774. The van der Waals surface area contributed by atoms with Crippen LogP contribution in [0.3, 0.4) is 0 Å². The minimum absolute atomic E-state index is 0.0797. The Kier molecular flexibility index (Phi) is 5.56. The molecular formula is C18H27N4O2S+. The van der Waals surface area contributed by atoms with Gasteiger partial charge in [-0.15, -0.1) is 11.3 Å². The minimum atomic E-state index is -0.0797. The van der Waals surface area contributed by atoms with E-state index in [0.29, 0.717) is 17.2 Å². The largest absolute Gasteiger partial charge is 0.397 e. The first-order chi connectivity index (χ1) is 12.0. The Balaban J connectivity index is 1.86. The predicted octanol–water partition coefficient (Wildman–Crippen LogP) is 1.13. The number of fused-ring (bicyclic) bond motifs is 1. The number of piperidine rings is 1. The minimum Gasteiger partial charge on any atom is -0.397 e. The number of ether oxygens (including phenoxy) is 1. The number of rotatable bonds is 5. The number of carbonyl (C=O) groups is 1. The summed E-state index contributed by atoms with van der Waals surface area (Å²) >= 11 is 1.37. The molecule has 1 amide bonds. The Morgan fingerprint density at radius 1 is 1.56 bits per heavy atom. The van der Waals surface area contributed by atoms with Gasteiger partial charge in [-0.2, -0.15) is 0 Å². The summed E-state index contributed by atoms with van der Waals surface area (Å²) in [6, 6.07) is 2.19. The van der Waals surface area contributed by atoms with E-state index >= 15 is 0 Å². The lowest BCUT2D eigenvalue weighted by Gasteiger charge is -2.29. The van der Waals surface area contributed by atoms with Crippen LogP contribution < -0.4 is 16.0 Å². The van der Waals surface area contributed by atoms with Crippen molar-refractivity contribution in [3.63, 3.8) is 0 Å². The molecule has 2 unspecified atom stereocenters. The second kappa shape index (κ2) is 7.68. The lowest BCUT2D eigenvalue weighted by Crippen LogP contribution is -3.14. The number of aryl methyl sites for hydroxylation is 1. The van der Waals surface area contributed by atoms with Gasteiger partial charge in [-0.3, -0.25) is 4.79 Å². The molecule has 1 fully saturated rings. The zero-order valence-electron chi connectivity index (χ0n) is 15.1. The maximum Gasteiger partial charge on any atom is 0.263 e. The summed E-state index contributed by atoms with van der Waals surface area (Å²) in [6.45, 7) is 7.87. The van der Waals surface area contributed by atoms with Crippen molar-refractivity contribution in [2.24, 2.45) is 0 Å². The van der Waals surface area contributed by atoms with Crippen molar-refractivity contribution >= 4 is 33.1 Å². The van der Waals surface area contributed by atoms with Gasteiger partial charge in [0.1, 0.15) is 9.71 Å². The third-order valence-corrected chi connectivity index (χ3v) is 5.97. The first-order valence-electron chi connectivity index (χ1n) is 8.85. The third kappa shape index (κ3) is 3.78. The number of nitrogens with zero attached hydrogens (tertiary/aromatic N) is 1. The van der Waals surface area contributed by atoms with Crippen molar-refractivity contribution in [2.45, 2.75) is 39.3 Å². The smallest absolute Gasteiger partial charge is 0.263 e. The van der Waals surface area contributed by atoms with Gasteiger partial charge in [0.25, 0.3) is 5.91 Å². The molecule has 0 aromatic carbocycles. The van der Waals surface area contributed by atoms with Gasteiger partial charge in [0.15, 0.2) is 0 Å². The van der Waals surface area contributed by atoms with E-state index in [1.54, 1.807) is 12.0 Å². The summed E-state index contributed by atoms with van der Waals surface area (Å²) in [5, 5.41) is 4.03. The Hall–Kier alpha value is -1.70. The number of hydrogen-bond donors (Lipinski definition) is 3. The van der Waals surface area contributed by atoms with Crippen LogP contribution in [0.1, 0.15) is 40.7 Å². The number of likely N-dealkylation sites (tertiary alicyclic amines) is 1. The van der Waals surface area contributed by atoms with E-state index in [0.717, 1.165) is 47.4 Å². The highest BCUT2D eigenvalue weighted by Crippen LogP contribution is 2.35. The zero-order valence-corrected chi connectivity index (χ0v) is 16.0. The lowest BCUT2D eigenvalue weighted by atomic mass is 10.1. The van der Waals surface area contributed by atoms with Gasteiger partial charge >= 0.3 is 0 Å². The maximum atomic E-state index is 12.8. The van der Waals surface area contributed by atoms with Crippen LogP contribution >= 0.6 is 11.3 Å². The highest BCUT2D eigenvalue weighted by molar-refractivity contribution is 7.21. The van der Waals surface area contributed by atoms with Gasteiger partial charge < -0.3 is 20.7 Å². The van der Waals surface area contributed by atoms with Crippen LogP contribution in [0.15, 0.2) is 6.07 Å². The van der Waals surface area contributed by atoms with Gasteiger partial charge in [-0.05, 0) is 38.3 Å². The van der Waals surface area contributed by atoms with E-state index in [-0.39, 0.29) is 11.9 Å². The summed E-state index contributed by atoms with van der Waals surface area (Å²) in [7, 11) is 1.66. The normalized spacial score (nSPS) is 20.8. The quantitative estimate of drug-likeness (QED) is 0.744. The van der Waals surface area contributed by atoms with E-state index in [9.17, 15) is 4.79 Å². The van der Waals surface area contributed by atoms with Crippen LogP contribution in [0, 0.1) is 6.92 Å². The average Bonchev–Trinajstić information content (AvgIpc) is 2.92. The van der Waals surface area contributed by atoms with Gasteiger partial charge in [-0.25, -0.2) is 4.98 Å². The first-order valence-corrected chi connectivity index (χ1v) is 9.67. The standard InChI is InChI=1S/C18H26N4O2S/c1-4-22-7-5-6-13(9-22)21-17(23)16-15(19)14-12(10-24-3)8-11(2)20-18(14)25-16/h8,13H,4-7,9-10,19H2,1-3H3,(H,21,23)/p+1. The SMILES string of the molecule is CC[NH+]1CCCC(NC(=O)c2sc3nc(C)cc(COC)c3c2N)C1. The number of nitrogens with one attached hydrogen (secondary N) is 2. The highest BCUT2D eigenvalue weighted by Gasteiger charge is 2.26. The number of nitrogens with two attached hydrogens (primary N) is 1. The molecule has 0 aliphatic carbocycles. The molecular weight excluding hydrogens is 336 g/mol. The fourth-order valence-corrected chi connectivity index (χ4v) is 4.71. The number of amides is 1. The molecule has 2 aromatic rings. The van der Waals surface area contributed by atoms with Crippen molar-refractivity contribution in [2.75, 3.05) is 32.5 Å². The highest BCUT2D eigenvalue weighted by atomic mass is 32.1. The fourth-order valence-electron chi connectivity index (χ4n) is 3.62. The molecule has 25 heavy (non-hydrogen) atoms. The summed E-state index contributed by atoms with van der Waals surface area (Å²) in [5.41, 5.74) is 8.74. The lowest BCUT2D eigenvalue weighted by molar-refractivity contribution is -0.904. The summed E-state index contributed by atoms with van der Waals surface area (Å²) in [6.07, 6.45) is 2.18. The van der Waals surface area contributed by atoms with Gasteiger partial charge in [0, 0.05) is 18.2 Å². The number of quaternary nitrogens is 1. The van der Waals surface area contributed by atoms with Gasteiger partial charge in [0.2, 0.25) is 0 Å². The second-order valence-electron chi connectivity index (χ2n) is 6.75. The van der Waals surface area contributed by atoms with E-state index < -0.39 is 0 Å². The predicted molar refractivity (Wildman–Crippen MR) is 101 cm³/mol. The van der Waals surface area contributed by atoms with Crippen LogP contribution in [0.2, 0.25) is 0 Å². The third-order valence-electron chi connectivity index (χ3n) is 4.87. The van der Waals surface area contributed by atoms with Gasteiger partial charge in [-0.1, -0.05) is 0 Å². The van der Waals surface area contributed by atoms with E-state index in [1.165, 1.54) is 17.9 Å². The van der Waals surface area contributed by atoms with E-state index in [2.05, 4.69) is 17.2 Å². The van der Waals surface area contributed by atoms with Crippen molar-refractivity contribution < 1.29 is 14.4 Å². The van der Waals surface area contributed by atoms with Crippen molar-refractivity contribution in [1.82, 2.24) is 10.3 Å². The Labute approximate surface area is 152 Å². The van der Waals surface area contributed by atoms with E-state index in [4.69, 9.17) is 10.5 Å². The molecule has 7 heteroatoms. The number of methoxy groups -OCH3 is 1. The van der Waals surface area contributed by atoms with Crippen molar-refractivity contribution in [3.8, 4) is 0 Å². The van der Waals surface area contributed by atoms with Gasteiger partial charge in [0.05, 0.1) is 38.0 Å². The van der Waals surface area contributed by atoms with Crippen LogP contribution in [0.25, 0.3) is 10.2 Å². The molecule has 0 saturated carbocycles. The number of likely N-dealkylation sites (N-methyl/N-ethyl adjacent to an activating group) is 1. The molecule has 0 spiro atoms. The molecule has 1 aliphatic heterocycles.